The van der Waals surface area contributed by atoms with Crippen LogP contribution in [-0.4, -0.2) is 27.4 Å². The summed E-state index contributed by atoms with van der Waals surface area (Å²) in [5.74, 6) is 0. The summed E-state index contributed by atoms with van der Waals surface area (Å²) >= 11 is 0. The fourth-order valence-electron chi connectivity index (χ4n) is 0.404. The monoisotopic (exact) mass is 248 g/mol. The molecule has 0 spiro atoms. The fraction of sp³-hybridized carbons (Fsp3) is 1.00. The Balaban J connectivity index is 3.68. The highest BCUT2D eigenvalue weighted by Crippen LogP contribution is 2.39. The average molecular weight is 248 g/mol. The minimum atomic E-state index is -4.33. The van der Waals surface area contributed by atoms with Crippen molar-refractivity contribution in [1.29, 1.82) is 0 Å². The molecule has 8 nitrogen and oxygen atoms in total. The molecule has 14 heavy (non-hydrogen) atoms. The molecule has 0 aromatic rings. The van der Waals surface area contributed by atoms with Gasteiger partial charge in [-0.2, -0.15) is 0 Å². The van der Waals surface area contributed by atoms with Crippen LogP contribution in [0.1, 0.15) is 0 Å². The van der Waals surface area contributed by atoms with Crippen LogP contribution >= 0.6 is 15.6 Å². The lowest BCUT2D eigenvalue weighted by atomic mass is 10.8. The summed E-state index contributed by atoms with van der Waals surface area (Å²) in [6.07, 6.45) is 0. The predicted octanol–water partition coefficient (Wildman–Crippen LogP) is -0.751. The van der Waals surface area contributed by atoms with Crippen LogP contribution in [0.15, 0.2) is 0 Å². The zero-order chi connectivity index (χ0) is 11.2. The van der Waals surface area contributed by atoms with Crippen molar-refractivity contribution >= 4 is 15.6 Å². The first-order valence-corrected chi connectivity index (χ1v) is 6.28. The maximum atomic E-state index is 10.5. The van der Waals surface area contributed by atoms with E-state index >= 15 is 0 Å². The van der Waals surface area contributed by atoms with E-state index in [1.54, 1.807) is 0 Å². The zero-order valence-electron chi connectivity index (χ0n) is 7.57. The fourth-order valence-corrected chi connectivity index (χ4v) is 1.21. The smallest absolute Gasteiger partial charge is 0.267 e. The molecule has 10 heteroatoms. The van der Waals surface area contributed by atoms with Crippen LogP contribution in [0.4, 0.5) is 0 Å². The minimum absolute atomic E-state index is 0.468. The molecule has 0 aliphatic rings. The van der Waals surface area contributed by atoms with E-state index in [1.807, 2.05) is 0 Å². The first-order chi connectivity index (χ1) is 6.33. The maximum absolute atomic E-state index is 10.5. The van der Waals surface area contributed by atoms with Crippen molar-refractivity contribution in [3.05, 3.63) is 0 Å². The standard InChI is InChI=1S/C4H12O8P2/c1-9-13(5,6)11-3-4-12-14(7,8)10-2/h3-4H2,1-2H3,(H,5,6)(H,7,8)/p-2. The van der Waals surface area contributed by atoms with Crippen LogP contribution < -0.4 is 9.79 Å². The molecule has 0 rings (SSSR count). The van der Waals surface area contributed by atoms with Crippen molar-refractivity contribution in [2.24, 2.45) is 0 Å². The summed E-state index contributed by atoms with van der Waals surface area (Å²) in [5, 5.41) is 0. The van der Waals surface area contributed by atoms with Gasteiger partial charge in [0.15, 0.2) is 0 Å². The number of phosphoric ester groups is 2. The SMILES string of the molecule is COP(=O)([O-])OCCOP(=O)([O-])OC. The van der Waals surface area contributed by atoms with Gasteiger partial charge in [-0.05, 0) is 0 Å². The molecule has 0 fully saturated rings. The molecule has 0 saturated heterocycles. The molecular formula is C4H10O8P2-2. The summed E-state index contributed by atoms with van der Waals surface area (Å²) in [4.78, 5) is 21.1. The molecule has 0 aliphatic heterocycles. The number of phosphoric acid groups is 2. The molecule has 2 unspecified atom stereocenters. The maximum Gasteiger partial charge on any atom is 0.267 e. The van der Waals surface area contributed by atoms with E-state index in [-0.39, 0.29) is 0 Å². The topological polar surface area (TPSA) is 117 Å². The molecule has 0 aromatic heterocycles. The molecule has 2 atom stereocenters. The van der Waals surface area contributed by atoms with Crippen LogP contribution in [0.5, 0.6) is 0 Å². The molecule has 0 aliphatic carbocycles. The van der Waals surface area contributed by atoms with Gasteiger partial charge in [-0.1, -0.05) is 0 Å². The highest BCUT2D eigenvalue weighted by Gasteiger charge is 2.09. The molecule has 0 heterocycles. The van der Waals surface area contributed by atoms with E-state index in [1.165, 1.54) is 0 Å². The molecule has 0 aromatic carbocycles. The quantitative estimate of drug-likeness (QED) is 0.426. The van der Waals surface area contributed by atoms with E-state index < -0.39 is 28.9 Å². The van der Waals surface area contributed by atoms with E-state index in [2.05, 4.69) is 18.1 Å². The first kappa shape index (κ1) is 14.2. The van der Waals surface area contributed by atoms with Crippen molar-refractivity contribution < 1.29 is 37.0 Å². The number of hydrogen-bond acceptors (Lipinski definition) is 8. The van der Waals surface area contributed by atoms with Gasteiger partial charge in [-0.15, -0.1) is 0 Å². The highest BCUT2D eigenvalue weighted by molar-refractivity contribution is 7.46. The van der Waals surface area contributed by atoms with Gasteiger partial charge in [0.2, 0.25) is 0 Å². The van der Waals surface area contributed by atoms with Crippen LogP contribution in [0.3, 0.4) is 0 Å². The highest BCUT2D eigenvalue weighted by atomic mass is 31.2. The van der Waals surface area contributed by atoms with E-state index in [0.29, 0.717) is 0 Å². The Hall–Kier alpha value is 0.220. The summed E-state index contributed by atoms with van der Waals surface area (Å²) in [7, 11) is -6.82. The van der Waals surface area contributed by atoms with Gasteiger partial charge in [-0.3, -0.25) is 9.13 Å². The van der Waals surface area contributed by atoms with Crippen LogP contribution in [0.2, 0.25) is 0 Å². The van der Waals surface area contributed by atoms with Crippen molar-refractivity contribution in [3.8, 4) is 0 Å². The van der Waals surface area contributed by atoms with Gasteiger partial charge >= 0.3 is 0 Å². The Labute approximate surface area is 81.0 Å². The molecule has 0 radical (unpaired) electrons. The van der Waals surface area contributed by atoms with Crippen molar-refractivity contribution in [3.63, 3.8) is 0 Å². The van der Waals surface area contributed by atoms with Crippen LogP contribution in [-0.2, 0) is 27.2 Å². The molecule has 0 bridgehead atoms. The molecular weight excluding hydrogens is 238 g/mol. The van der Waals surface area contributed by atoms with Gasteiger partial charge in [0, 0.05) is 14.2 Å². The second-order valence-corrected chi connectivity index (χ2v) is 4.96. The van der Waals surface area contributed by atoms with Crippen molar-refractivity contribution in [2.45, 2.75) is 0 Å². The summed E-state index contributed by atoms with van der Waals surface area (Å²) in [6, 6.07) is 0. The zero-order valence-corrected chi connectivity index (χ0v) is 9.36. The lowest BCUT2D eigenvalue weighted by Crippen LogP contribution is -2.13. The Morgan fingerprint density at radius 1 is 0.929 bits per heavy atom. The van der Waals surface area contributed by atoms with E-state index in [4.69, 9.17) is 0 Å². The van der Waals surface area contributed by atoms with Crippen LogP contribution in [0, 0.1) is 0 Å². The molecule has 0 amide bonds. The van der Waals surface area contributed by atoms with Crippen LogP contribution in [0.25, 0.3) is 0 Å². The third-order valence-electron chi connectivity index (χ3n) is 1.03. The predicted molar refractivity (Wildman–Crippen MR) is 41.1 cm³/mol. The Morgan fingerprint density at radius 2 is 1.21 bits per heavy atom. The van der Waals surface area contributed by atoms with Gasteiger partial charge < -0.3 is 27.9 Å². The number of hydrogen-bond donors (Lipinski definition) is 0. The lowest BCUT2D eigenvalue weighted by Gasteiger charge is -2.23. The van der Waals surface area contributed by atoms with E-state index in [9.17, 15) is 18.9 Å². The Morgan fingerprint density at radius 3 is 1.43 bits per heavy atom. The largest absolute Gasteiger partial charge is 0.756 e. The van der Waals surface area contributed by atoms with Gasteiger partial charge in [-0.25, -0.2) is 0 Å². The first-order valence-electron chi connectivity index (χ1n) is 3.35. The normalized spacial score (nSPS) is 20.0. The average Bonchev–Trinajstić information content (AvgIpc) is 2.13. The second-order valence-electron chi connectivity index (χ2n) is 1.93. The third kappa shape index (κ3) is 6.64. The summed E-state index contributed by atoms with van der Waals surface area (Å²) in [5.41, 5.74) is 0. The number of rotatable bonds is 7. The molecule has 86 valence electrons. The second kappa shape index (κ2) is 5.95. The van der Waals surface area contributed by atoms with Gasteiger partial charge in [0.25, 0.3) is 15.6 Å². The molecule has 0 saturated carbocycles. The summed E-state index contributed by atoms with van der Waals surface area (Å²) in [6.45, 7) is -0.936. The van der Waals surface area contributed by atoms with Gasteiger partial charge in [0.1, 0.15) is 0 Å². The van der Waals surface area contributed by atoms with E-state index in [0.717, 1.165) is 14.2 Å². The summed E-state index contributed by atoms with van der Waals surface area (Å²) < 4.78 is 37.3. The Bertz CT molecular complexity index is 226. The third-order valence-corrected chi connectivity index (χ3v) is 2.92. The lowest BCUT2D eigenvalue weighted by molar-refractivity contribution is -0.230. The van der Waals surface area contributed by atoms with Gasteiger partial charge in [0.05, 0.1) is 13.2 Å². The Kier molecular flexibility index (Phi) is 6.04. The molecule has 0 N–H and O–H groups in total. The van der Waals surface area contributed by atoms with Crippen molar-refractivity contribution in [1.82, 2.24) is 0 Å². The van der Waals surface area contributed by atoms with Crippen molar-refractivity contribution in [2.75, 3.05) is 27.4 Å². The minimum Gasteiger partial charge on any atom is -0.756 e.